The maximum atomic E-state index is 13.5. The molecule has 0 bridgehead atoms. The van der Waals surface area contributed by atoms with Crippen LogP contribution in [0.15, 0.2) is 41.4 Å². The molecule has 0 spiro atoms. The molecular weight excluding hydrogens is 416 g/mol. The van der Waals surface area contributed by atoms with Gasteiger partial charge in [-0.3, -0.25) is 10.3 Å². The Kier molecular flexibility index (Phi) is 6.13. The van der Waals surface area contributed by atoms with E-state index in [1.165, 1.54) is 18.2 Å². The minimum Gasteiger partial charge on any atom is -0.496 e. The van der Waals surface area contributed by atoms with Gasteiger partial charge in [0.15, 0.2) is 5.60 Å². The monoisotopic (exact) mass is 431 g/mol. The molecule has 0 aliphatic carbocycles. The van der Waals surface area contributed by atoms with Gasteiger partial charge < -0.3 is 10.5 Å². The van der Waals surface area contributed by atoms with Crippen molar-refractivity contribution in [2.45, 2.75) is 23.4 Å². The summed E-state index contributed by atoms with van der Waals surface area (Å²) in [5.41, 5.74) is 9.37. The smallest absolute Gasteiger partial charge is 0.158 e. The number of ether oxygens (including phenoxy) is 1. The Morgan fingerprint density at radius 3 is 2.74 bits per heavy atom. The average Bonchev–Trinajstić information content (AvgIpc) is 3.09. The molecule has 1 saturated heterocycles. The first kappa shape index (κ1) is 20.2. The summed E-state index contributed by atoms with van der Waals surface area (Å²) in [5.74, 6) is 0.660. The van der Waals surface area contributed by atoms with E-state index < -0.39 is 16.3 Å². The summed E-state index contributed by atoms with van der Waals surface area (Å²) in [4.78, 5) is 9.28. The number of benzene rings is 2. The number of methoxy groups -OCH3 is 1. The van der Waals surface area contributed by atoms with Crippen molar-refractivity contribution in [3.8, 4) is 5.75 Å². The Morgan fingerprint density at radius 2 is 2.11 bits per heavy atom. The lowest BCUT2D eigenvalue weighted by molar-refractivity contribution is -0.0426. The minimum atomic E-state index is -1.15. The molecule has 1 aliphatic heterocycles. The molecule has 1 unspecified atom stereocenters. The number of hydrogen-bond donors (Lipinski definition) is 2. The van der Waals surface area contributed by atoms with Gasteiger partial charge >= 0.3 is 0 Å². The van der Waals surface area contributed by atoms with Crippen LogP contribution in [0.4, 0.5) is 10.1 Å². The molecule has 1 aliphatic rings. The molecular formula is C18H17Cl3FN3O2. The van der Waals surface area contributed by atoms with E-state index in [9.17, 15) is 4.39 Å². The van der Waals surface area contributed by atoms with E-state index in [-0.39, 0.29) is 11.4 Å². The SMILES string of the molecule is COc1ccc(N=C2CC(c3ccc(F)c(Cl)c3)(C(Cl)Cl)ON2)cc1CN. The van der Waals surface area contributed by atoms with Crippen molar-refractivity contribution in [3.63, 3.8) is 0 Å². The van der Waals surface area contributed by atoms with Crippen LogP contribution in [0, 0.1) is 5.82 Å². The quantitative estimate of drug-likeness (QED) is 0.678. The Morgan fingerprint density at radius 1 is 1.33 bits per heavy atom. The highest BCUT2D eigenvalue weighted by atomic mass is 35.5. The van der Waals surface area contributed by atoms with Crippen LogP contribution in [-0.2, 0) is 17.0 Å². The lowest BCUT2D eigenvalue weighted by Gasteiger charge is -2.27. The highest BCUT2D eigenvalue weighted by Gasteiger charge is 2.47. The van der Waals surface area contributed by atoms with Crippen LogP contribution in [0.3, 0.4) is 0 Å². The largest absolute Gasteiger partial charge is 0.496 e. The number of nitrogens with one attached hydrogen (secondary N) is 1. The van der Waals surface area contributed by atoms with Crippen molar-refractivity contribution in [1.29, 1.82) is 0 Å². The van der Waals surface area contributed by atoms with Crippen LogP contribution in [0.1, 0.15) is 17.5 Å². The van der Waals surface area contributed by atoms with E-state index >= 15 is 0 Å². The number of alkyl halides is 2. The second kappa shape index (κ2) is 8.20. The van der Waals surface area contributed by atoms with Gasteiger partial charge in [-0.15, -0.1) is 23.2 Å². The molecule has 2 aromatic carbocycles. The van der Waals surface area contributed by atoms with Crippen LogP contribution in [0.2, 0.25) is 5.02 Å². The molecule has 3 rings (SSSR count). The molecule has 0 saturated carbocycles. The molecule has 2 aromatic rings. The van der Waals surface area contributed by atoms with Gasteiger partial charge in [-0.1, -0.05) is 17.7 Å². The summed E-state index contributed by atoms with van der Waals surface area (Å²) in [6, 6.07) is 9.62. The van der Waals surface area contributed by atoms with Crippen molar-refractivity contribution < 1.29 is 14.0 Å². The zero-order valence-corrected chi connectivity index (χ0v) is 16.6. The average molecular weight is 433 g/mol. The van der Waals surface area contributed by atoms with Gasteiger partial charge in [0.1, 0.15) is 22.2 Å². The van der Waals surface area contributed by atoms with E-state index in [0.717, 1.165) is 5.56 Å². The molecule has 0 radical (unpaired) electrons. The summed E-state index contributed by atoms with van der Waals surface area (Å²) in [6.45, 7) is 0.315. The third-order valence-corrected chi connectivity index (χ3v) is 5.28. The predicted octanol–water partition coefficient (Wildman–Crippen LogP) is 4.60. The van der Waals surface area contributed by atoms with Gasteiger partial charge in [0, 0.05) is 18.5 Å². The van der Waals surface area contributed by atoms with E-state index in [0.29, 0.717) is 29.4 Å². The lowest BCUT2D eigenvalue weighted by atomic mass is 9.92. The lowest BCUT2D eigenvalue weighted by Crippen LogP contribution is -2.33. The standard InChI is InChI=1S/C18H17Cl3FN3O2/c1-26-15-5-3-12(6-10(15)9-23)24-16-8-18(17(20)21,27-25-16)11-2-4-14(22)13(19)7-11/h2-7,17H,8-9,23H2,1H3,(H,24,25). The van der Waals surface area contributed by atoms with Crippen molar-refractivity contribution in [2.24, 2.45) is 10.7 Å². The van der Waals surface area contributed by atoms with Crippen molar-refractivity contribution >= 4 is 46.3 Å². The topological polar surface area (TPSA) is 68.9 Å². The van der Waals surface area contributed by atoms with Crippen LogP contribution >= 0.6 is 34.8 Å². The van der Waals surface area contributed by atoms with Crippen LogP contribution in [0.25, 0.3) is 0 Å². The molecule has 1 heterocycles. The van der Waals surface area contributed by atoms with E-state index in [1.807, 2.05) is 6.07 Å². The molecule has 0 aromatic heterocycles. The molecule has 9 heteroatoms. The van der Waals surface area contributed by atoms with E-state index in [4.69, 9.17) is 50.1 Å². The van der Waals surface area contributed by atoms with Crippen LogP contribution in [-0.4, -0.2) is 17.8 Å². The highest BCUT2D eigenvalue weighted by molar-refractivity contribution is 6.45. The fourth-order valence-electron chi connectivity index (χ4n) is 2.85. The van der Waals surface area contributed by atoms with Gasteiger partial charge in [0.05, 0.1) is 17.8 Å². The molecule has 3 N–H and O–H groups in total. The highest BCUT2D eigenvalue weighted by Crippen LogP contribution is 2.42. The molecule has 0 amide bonds. The number of nitrogens with two attached hydrogens (primary N) is 1. The first-order valence-electron chi connectivity index (χ1n) is 8.02. The maximum Gasteiger partial charge on any atom is 0.158 e. The van der Waals surface area contributed by atoms with Crippen molar-refractivity contribution in [1.82, 2.24) is 5.48 Å². The van der Waals surface area contributed by atoms with Crippen LogP contribution < -0.4 is 16.0 Å². The molecule has 5 nitrogen and oxygen atoms in total. The Labute approximate surface area is 171 Å². The first-order chi connectivity index (χ1) is 12.9. The summed E-state index contributed by atoms with van der Waals surface area (Å²) >= 11 is 18.3. The Balaban J connectivity index is 1.93. The Bertz CT molecular complexity index is 879. The fraction of sp³-hybridized carbons (Fsp3) is 0.278. The first-order valence-corrected chi connectivity index (χ1v) is 9.27. The number of aliphatic imine (C=N–C) groups is 1. The number of hydroxylamine groups is 1. The molecule has 27 heavy (non-hydrogen) atoms. The zero-order chi connectivity index (χ0) is 19.6. The van der Waals surface area contributed by atoms with Crippen molar-refractivity contribution in [3.05, 3.63) is 58.4 Å². The zero-order valence-electron chi connectivity index (χ0n) is 14.3. The van der Waals surface area contributed by atoms with Crippen molar-refractivity contribution in [2.75, 3.05) is 7.11 Å². The van der Waals surface area contributed by atoms with E-state index in [2.05, 4.69) is 10.5 Å². The fourth-order valence-corrected chi connectivity index (χ4v) is 3.53. The van der Waals surface area contributed by atoms with Crippen LogP contribution in [0.5, 0.6) is 5.75 Å². The van der Waals surface area contributed by atoms with Gasteiger partial charge in [-0.25, -0.2) is 9.38 Å². The van der Waals surface area contributed by atoms with E-state index in [1.54, 1.807) is 19.2 Å². The number of nitrogens with zero attached hydrogens (tertiary/aromatic N) is 1. The predicted molar refractivity (Wildman–Crippen MR) is 105 cm³/mol. The van der Waals surface area contributed by atoms with Gasteiger partial charge in [-0.05, 0) is 35.9 Å². The summed E-state index contributed by atoms with van der Waals surface area (Å²) in [5, 5.41) is -0.0439. The number of halogens is 4. The molecule has 144 valence electrons. The van der Waals surface area contributed by atoms with Gasteiger partial charge in [0.25, 0.3) is 0 Å². The van der Waals surface area contributed by atoms with Gasteiger partial charge in [0.2, 0.25) is 0 Å². The third-order valence-electron chi connectivity index (χ3n) is 4.29. The minimum absolute atomic E-state index is 0.0439. The second-order valence-electron chi connectivity index (χ2n) is 5.96. The molecule has 1 fully saturated rings. The number of hydrogen-bond acceptors (Lipinski definition) is 4. The summed E-state index contributed by atoms with van der Waals surface area (Å²) in [7, 11) is 1.58. The maximum absolute atomic E-state index is 13.5. The summed E-state index contributed by atoms with van der Waals surface area (Å²) in [6.07, 6.45) is 0.247. The summed E-state index contributed by atoms with van der Waals surface area (Å²) < 4.78 is 18.8. The second-order valence-corrected chi connectivity index (χ2v) is 7.46. The normalized spacial score (nSPS) is 20.9. The Hall–Kier alpha value is -1.57. The number of amidine groups is 1. The molecule has 1 atom stereocenters. The number of rotatable bonds is 5. The van der Waals surface area contributed by atoms with Gasteiger partial charge in [-0.2, -0.15) is 0 Å². The third kappa shape index (κ3) is 4.00.